The number of hydrogen-bond donors (Lipinski definition) is 0. The fraction of sp³-hybridized carbons (Fsp3) is 0.625. The van der Waals surface area contributed by atoms with Crippen molar-refractivity contribution >= 4 is 5.95 Å². The van der Waals surface area contributed by atoms with E-state index in [0.717, 1.165) is 19.3 Å². The SMILES string of the molecule is CCCCCn1ccnc1[N+](=O)[O-]. The van der Waals surface area contributed by atoms with Crippen LogP contribution < -0.4 is 0 Å². The summed E-state index contributed by atoms with van der Waals surface area (Å²) in [5, 5.41) is 10.4. The van der Waals surface area contributed by atoms with Crippen molar-refractivity contribution in [2.24, 2.45) is 0 Å². The molecule has 0 N–H and O–H groups in total. The minimum absolute atomic E-state index is 0.0592. The molecule has 13 heavy (non-hydrogen) atoms. The van der Waals surface area contributed by atoms with E-state index in [1.165, 1.54) is 6.20 Å². The lowest BCUT2D eigenvalue weighted by atomic mass is 10.2. The summed E-state index contributed by atoms with van der Waals surface area (Å²) in [5.74, 6) is -0.0592. The van der Waals surface area contributed by atoms with Crippen LogP contribution in [0.25, 0.3) is 0 Å². The minimum Gasteiger partial charge on any atom is -0.390 e. The summed E-state index contributed by atoms with van der Waals surface area (Å²) in [6.07, 6.45) is 6.28. The number of hydrogen-bond acceptors (Lipinski definition) is 3. The highest BCUT2D eigenvalue weighted by Crippen LogP contribution is 2.09. The van der Waals surface area contributed by atoms with Gasteiger partial charge in [-0.05, 0) is 11.3 Å². The van der Waals surface area contributed by atoms with Crippen molar-refractivity contribution < 1.29 is 4.92 Å². The van der Waals surface area contributed by atoms with E-state index in [9.17, 15) is 10.1 Å². The Morgan fingerprint density at radius 1 is 1.62 bits per heavy atom. The van der Waals surface area contributed by atoms with Gasteiger partial charge in [-0.2, -0.15) is 0 Å². The number of unbranched alkanes of at least 4 members (excludes halogenated alkanes) is 2. The Labute approximate surface area is 76.5 Å². The van der Waals surface area contributed by atoms with E-state index in [1.54, 1.807) is 10.8 Å². The standard InChI is InChI=1S/C8H13N3O2/c1-2-3-4-6-10-7-5-9-8(10)11(12)13/h5,7H,2-4,6H2,1H3. The van der Waals surface area contributed by atoms with Crippen LogP contribution in [0.5, 0.6) is 0 Å². The van der Waals surface area contributed by atoms with Crippen molar-refractivity contribution in [2.75, 3.05) is 0 Å². The molecule has 1 rings (SSSR count). The average Bonchev–Trinajstić information content (AvgIpc) is 2.53. The van der Waals surface area contributed by atoms with Gasteiger partial charge in [0, 0.05) is 0 Å². The maximum Gasteiger partial charge on any atom is 0.434 e. The Hall–Kier alpha value is -1.39. The van der Waals surface area contributed by atoms with E-state index in [0.29, 0.717) is 6.54 Å². The zero-order valence-corrected chi connectivity index (χ0v) is 7.64. The monoisotopic (exact) mass is 183 g/mol. The first-order valence-electron chi connectivity index (χ1n) is 4.41. The topological polar surface area (TPSA) is 61.0 Å². The molecule has 0 aromatic carbocycles. The van der Waals surface area contributed by atoms with Crippen molar-refractivity contribution in [3.63, 3.8) is 0 Å². The van der Waals surface area contributed by atoms with Gasteiger partial charge in [-0.15, -0.1) is 0 Å². The lowest BCUT2D eigenvalue weighted by molar-refractivity contribution is -0.396. The Kier molecular flexibility index (Phi) is 3.42. The van der Waals surface area contributed by atoms with Crippen LogP contribution in [0, 0.1) is 10.1 Å². The van der Waals surface area contributed by atoms with Crippen molar-refractivity contribution in [3.8, 4) is 0 Å². The zero-order chi connectivity index (χ0) is 9.68. The van der Waals surface area contributed by atoms with Gasteiger partial charge in [0.15, 0.2) is 0 Å². The molecule has 0 aliphatic heterocycles. The molecule has 5 nitrogen and oxygen atoms in total. The van der Waals surface area contributed by atoms with E-state index >= 15 is 0 Å². The fourth-order valence-corrected chi connectivity index (χ4v) is 1.18. The third-order valence-electron chi connectivity index (χ3n) is 1.86. The van der Waals surface area contributed by atoms with Crippen LogP contribution in [0.1, 0.15) is 26.2 Å². The highest BCUT2D eigenvalue weighted by Gasteiger charge is 2.12. The van der Waals surface area contributed by atoms with Crippen molar-refractivity contribution in [1.82, 2.24) is 9.55 Å². The van der Waals surface area contributed by atoms with Crippen LogP contribution in [-0.4, -0.2) is 14.5 Å². The molecule has 0 spiro atoms. The number of aryl methyl sites for hydroxylation is 1. The largest absolute Gasteiger partial charge is 0.434 e. The van der Waals surface area contributed by atoms with Gasteiger partial charge in [0.2, 0.25) is 0 Å². The molecule has 0 radical (unpaired) electrons. The first-order chi connectivity index (χ1) is 6.25. The summed E-state index contributed by atoms with van der Waals surface area (Å²) in [4.78, 5) is 13.6. The van der Waals surface area contributed by atoms with Crippen molar-refractivity contribution in [2.45, 2.75) is 32.7 Å². The molecular weight excluding hydrogens is 170 g/mol. The lowest BCUT2D eigenvalue weighted by Gasteiger charge is -1.99. The molecule has 1 aromatic heterocycles. The molecular formula is C8H13N3O2. The predicted molar refractivity (Wildman–Crippen MR) is 48.4 cm³/mol. The third-order valence-corrected chi connectivity index (χ3v) is 1.86. The number of imidazole rings is 1. The summed E-state index contributed by atoms with van der Waals surface area (Å²) in [7, 11) is 0. The van der Waals surface area contributed by atoms with Gasteiger partial charge in [-0.3, -0.25) is 0 Å². The van der Waals surface area contributed by atoms with E-state index in [4.69, 9.17) is 0 Å². The van der Waals surface area contributed by atoms with Crippen LogP contribution in [0.4, 0.5) is 5.95 Å². The Balaban J connectivity index is 2.55. The second-order valence-electron chi connectivity index (χ2n) is 2.88. The van der Waals surface area contributed by atoms with Crippen LogP contribution in [0.2, 0.25) is 0 Å². The molecule has 0 saturated carbocycles. The molecule has 0 fully saturated rings. The van der Waals surface area contributed by atoms with Gasteiger partial charge < -0.3 is 10.1 Å². The third kappa shape index (κ3) is 2.54. The average molecular weight is 183 g/mol. The molecule has 72 valence electrons. The molecule has 0 saturated heterocycles. The summed E-state index contributed by atoms with van der Waals surface area (Å²) < 4.78 is 1.58. The maximum atomic E-state index is 10.4. The second-order valence-corrected chi connectivity index (χ2v) is 2.88. The molecule has 0 atom stereocenters. The molecule has 1 heterocycles. The molecule has 0 aliphatic rings. The minimum atomic E-state index is -0.452. The van der Waals surface area contributed by atoms with Crippen LogP contribution >= 0.6 is 0 Å². The smallest absolute Gasteiger partial charge is 0.390 e. The van der Waals surface area contributed by atoms with Crippen LogP contribution in [-0.2, 0) is 6.54 Å². The van der Waals surface area contributed by atoms with E-state index in [2.05, 4.69) is 11.9 Å². The Morgan fingerprint density at radius 3 is 3.00 bits per heavy atom. The van der Waals surface area contributed by atoms with Gasteiger partial charge in [0.1, 0.15) is 12.4 Å². The van der Waals surface area contributed by atoms with Crippen molar-refractivity contribution in [1.29, 1.82) is 0 Å². The highest BCUT2D eigenvalue weighted by atomic mass is 16.6. The lowest BCUT2D eigenvalue weighted by Crippen LogP contribution is -2.02. The predicted octanol–water partition coefficient (Wildman–Crippen LogP) is 1.98. The van der Waals surface area contributed by atoms with Crippen molar-refractivity contribution in [3.05, 3.63) is 22.5 Å². The zero-order valence-electron chi connectivity index (χ0n) is 7.64. The van der Waals surface area contributed by atoms with Crippen LogP contribution in [0.3, 0.4) is 0 Å². The molecule has 0 aliphatic carbocycles. The number of nitro groups is 1. The normalized spacial score (nSPS) is 10.2. The summed E-state index contributed by atoms with van der Waals surface area (Å²) in [5.41, 5.74) is 0. The molecule has 0 unspecified atom stereocenters. The number of rotatable bonds is 5. The first kappa shape index (κ1) is 9.70. The highest BCUT2D eigenvalue weighted by molar-refractivity contribution is 5.06. The van der Waals surface area contributed by atoms with Gasteiger partial charge >= 0.3 is 5.95 Å². The van der Waals surface area contributed by atoms with Gasteiger partial charge in [0.25, 0.3) is 0 Å². The van der Waals surface area contributed by atoms with Crippen LogP contribution in [0.15, 0.2) is 12.4 Å². The molecule has 0 bridgehead atoms. The van der Waals surface area contributed by atoms with Gasteiger partial charge in [0.05, 0.1) is 6.54 Å². The second kappa shape index (κ2) is 4.59. The Bertz CT molecular complexity index is 283. The first-order valence-corrected chi connectivity index (χ1v) is 4.41. The van der Waals surface area contributed by atoms with E-state index in [-0.39, 0.29) is 5.95 Å². The molecule has 5 heteroatoms. The van der Waals surface area contributed by atoms with E-state index < -0.39 is 4.92 Å². The summed E-state index contributed by atoms with van der Waals surface area (Å²) in [6.45, 7) is 2.78. The molecule has 1 aromatic rings. The summed E-state index contributed by atoms with van der Waals surface area (Å²) >= 11 is 0. The number of nitrogens with zero attached hydrogens (tertiary/aromatic N) is 3. The summed E-state index contributed by atoms with van der Waals surface area (Å²) in [6, 6.07) is 0. The van der Waals surface area contributed by atoms with Gasteiger partial charge in [-0.25, -0.2) is 4.57 Å². The maximum absolute atomic E-state index is 10.4. The molecule has 0 amide bonds. The Morgan fingerprint density at radius 2 is 2.38 bits per heavy atom. The van der Waals surface area contributed by atoms with E-state index in [1.807, 2.05) is 0 Å². The quantitative estimate of drug-likeness (QED) is 0.398. The number of aromatic nitrogens is 2. The van der Waals surface area contributed by atoms with Gasteiger partial charge in [-0.1, -0.05) is 24.7 Å². The fourth-order valence-electron chi connectivity index (χ4n) is 1.18.